The number of rotatable bonds is 5. The molecule has 98 valence electrons. The second kappa shape index (κ2) is 7.05. The van der Waals surface area contributed by atoms with Gasteiger partial charge in [0.1, 0.15) is 0 Å². The Balaban J connectivity index is 1.84. The Labute approximate surface area is 117 Å². The largest absolute Gasteiger partial charge is 0.377 e. The van der Waals surface area contributed by atoms with Gasteiger partial charge < -0.3 is 4.74 Å². The summed E-state index contributed by atoms with van der Waals surface area (Å²) in [5.41, 5.74) is 0.849. The Kier molecular flexibility index (Phi) is 5.39. The van der Waals surface area contributed by atoms with Crippen molar-refractivity contribution in [2.45, 2.75) is 31.8 Å². The minimum atomic E-state index is 0.191. The fourth-order valence-electron chi connectivity index (χ4n) is 2.54. The molecule has 1 saturated carbocycles. The molecule has 1 aromatic rings. The molecule has 0 spiro atoms. The Hall–Kier alpha value is -0.670. The third-order valence-corrected chi connectivity index (χ3v) is 3.86. The normalized spacial score (nSPS) is 23.8. The zero-order valence-electron chi connectivity index (χ0n) is 10.5. The van der Waals surface area contributed by atoms with Gasteiger partial charge in [0.2, 0.25) is 0 Å². The minimum Gasteiger partial charge on any atom is -0.377 e. The Morgan fingerprint density at radius 1 is 1.17 bits per heavy atom. The van der Waals surface area contributed by atoms with Crippen molar-refractivity contribution in [2.24, 2.45) is 5.92 Å². The molecule has 0 heterocycles. The molecule has 18 heavy (non-hydrogen) atoms. The monoisotopic (exact) mass is 310 g/mol. The summed E-state index contributed by atoms with van der Waals surface area (Å²) in [4.78, 5) is 12.3. The number of hydrogen-bond donors (Lipinski definition) is 0. The lowest BCUT2D eigenvalue weighted by Gasteiger charge is -2.27. The SMILES string of the molecule is O=C(c1ccccc1)C1CCC(OCCBr)CC1. The van der Waals surface area contributed by atoms with E-state index in [4.69, 9.17) is 4.74 Å². The molecule has 1 aliphatic rings. The van der Waals surface area contributed by atoms with E-state index in [2.05, 4.69) is 15.9 Å². The average Bonchev–Trinajstić information content (AvgIpc) is 2.46. The molecule has 1 aromatic carbocycles. The van der Waals surface area contributed by atoms with Gasteiger partial charge in [0, 0.05) is 16.8 Å². The highest BCUT2D eigenvalue weighted by molar-refractivity contribution is 9.09. The summed E-state index contributed by atoms with van der Waals surface area (Å²) in [6.45, 7) is 0.766. The molecule has 0 unspecified atom stereocenters. The molecule has 0 atom stereocenters. The van der Waals surface area contributed by atoms with Gasteiger partial charge in [-0.15, -0.1) is 0 Å². The zero-order chi connectivity index (χ0) is 12.8. The van der Waals surface area contributed by atoms with Crippen molar-refractivity contribution >= 4 is 21.7 Å². The highest BCUT2D eigenvalue weighted by Crippen LogP contribution is 2.28. The quantitative estimate of drug-likeness (QED) is 0.610. The van der Waals surface area contributed by atoms with E-state index in [1.54, 1.807) is 0 Å². The first-order valence-electron chi connectivity index (χ1n) is 6.58. The molecule has 0 aliphatic heterocycles. The van der Waals surface area contributed by atoms with Gasteiger partial charge in [0.25, 0.3) is 0 Å². The topological polar surface area (TPSA) is 26.3 Å². The first-order chi connectivity index (χ1) is 8.81. The summed E-state index contributed by atoms with van der Waals surface area (Å²) in [6, 6.07) is 9.63. The van der Waals surface area contributed by atoms with Crippen LogP contribution in [0.5, 0.6) is 0 Å². The fraction of sp³-hybridized carbons (Fsp3) is 0.533. The number of carbonyl (C=O) groups excluding carboxylic acids is 1. The van der Waals surface area contributed by atoms with Gasteiger partial charge in [-0.2, -0.15) is 0 Å². The molecule has 0 radical (unpaired) electrons. The van der Waals surface area contributed by atoms with E-state index in [0.717, 1.165) is 43.2 Å². The second-order valence-electron chi connectivity index (χ2n) is 4.76. The molecule has 0 aromatic heterocycles. The van der Waals surface area contributed by atoms with Gasteiger partial charge in [0.05, 0.1) is 12.7 Å². The Morgan fingerprint density at radius 3 is 2.44 bits per heavy atom. The van der Waals surface area contributed by atoms with Crippen molar-refractivity contribution in [3.05, 3.63) is 35.9 Å². The number of carbonyl (C=O) groups is 1. The van der Waals surface area contributed by atoms with E-state index in [1.165, 1.54) is 0 Å². The summed E-state index contributed by atoms with van der Waals surface area (Å²) in [5.74, 6) is 0.491. The van der Waals surface area contributed by atoms with Gasteiger partial charge in [-0.05, 0) is 25.7 Å². The number of alkyl halides is 1. The standard InChI is InChI=1S/C15H19BrO2/c16-10-11-18-14-8-6-13(7-9-14)15(17)12-4-2-1-3-5-12/h1-5,13-14H,6-11H2. The maximum Gasteiger partial charge on any atom is 0.165 e. The summed E-state index contributed by atoms with van der Waals surface area (Å²) in [7, 11) is 0. The van der Waals surface area contributed by atoms with Crippen molar-refractivity contribution in [1.29, 1.82) is 0 Å². The highest BCUT2D eigenvalue weighted by Gasteiger charge is 2.27. The summed E-state index contributed by atoms with van der Waals surface area (Å²) < 4.78 is 5.71. The Bertz CT molecular complexity index is 369. The second-order valence-corrected chi connectivity index (χ2v) is 5.56. The zero-order valence-corrected chi connectivity index (χ0v) is 12.1. The number of benzene rings is 1. The molecular weight excluding hydrogens is 292 g/mol. The lowest BCUT2D eigenvalue weighted by Crippen LogP contribution is -2.26. The molecule has 3 heteroatoms. The maximum atomic E-state index is 12.3. The molecule has 0 bridgehead atoms. The van der Waals surface area contributed by atoms with Gasteiger partial charge >= 0.3 is 0 Å². The van der Waals surface area contributed by atoms with Crippen LogP contribution < -0.4 is 0 Å². The van der Waals surface area contributed by atoms with Crippen molar-refractivity contribution in [3.8, 4) is 0 Å². The maximum absolute atomic E-state index is 12.3. The molecule has 1 fully saturated rings. The van der Waals surface area contributed by atoms with E-state index in [1.807, 2.05) is 30.3 Å². The molecule has 0 amide bonds. The van der Waals surface area contributed by atoms with E-state index in [-0.39, 0.29) is 5.92 Å². The van der Waals surface area contributed by atoms with E-state index >= 15 is 0 Å². The predicted molar refractivity (Wildman–Crippen MR) is 76.3 cm³/mol. The minimum absolute atomic E-state index is 0.191. The number of ketones is 1. The first-order valence-corrected chi connectivity index (χ1v) is 7.70. The molecule has 1 aliphatic carbocycles. The number of Topliss-reactive ketones (excluding diaryl/α,β-unsaturated/α-hetero) is 1. The van der Waals surface area contributed by atoms with Crippen LogP contribution in [0.25, 0.3) is 0 Å². The van der Waals surface area contributed by atoms with Crippen LogP contribution in [0.15, 0.2) is 30.3 Å². The van der Waals surface area contributed by atoms with Gasteiger partial charge in [-0.3, -0.25) is 4.79 Å². The van der Waals surface area contributed by atoms with Crippen molar-refractivity contribution in [3.63, 3.8) is 0 Å². The molecule has 0 N–H and O–H groups in total. The summed E-state index contributed by atoms with van der Waals surface area (Å²) in [6.07, 6.45) is 4.29. The van der Waals surface area contributed by atoms with Gasteiger partial charge in [-0.1, -0.05) is 46.3 Å². The van der Waals surface area contributed by atoms with Crippen LogP contribution in [0.3, 0.4) is 0 Å². The number of hydrogen-bond acceptors (Lipinski definition) is 2. The van der Waals surface area contributed by atoms with Crippen LogP contribution >= 0.6 is 15.9 Å². The van der Waals surface area contributed by atoms with Crippen LogP contribution in [0.2, 0.25) is 0 Å². The predicted octanol–water partition coefficient (Wildman–Crippen LogP) is 3.84. The fourth-order valence-corrected chi connectivity index (χ4v) is 2.73. The Morgan fingerprint density at radius 2 is 1.83 bits per heavy atom. The third kappa shape index (κ3) is 3.66. The average molecular weight is 311 g/mol. The first kappa shape index (κ1) is 13.8. The smallest absolute Gasteiger partial charge is 0.165 e. The van der Waals surface area contributed by atoms with Crippen molar-refractivity contribution < 1.29 is 9.53 Å². The lowest BCUT2D eigenvalue weighted by molar-refractivity contribution is 0.0275. The van der Waals surface area contributed by atoms with E-state index < -0.39 is 0 Å². The molecule has 2 nitrogen and oxygen atoms in total. The highest BCUT2D eigenvalue weighted by atomic mass is 79.9. The number of ether oxygens (including phenoxy) is 1. The molecular formula is C15H19BrO2. The third-order valence-electron chi connectivity index (χ3n) is 3.53. The number of halogens is 1. The van der Waals surface area contributed by atoms with Crippen LogP contribution in [-0.4, -0.2) is 23.8 Å². The van der Waals surface area contributed by atoms with E-state index in [0.29, 0.717) is 11.9 Å². The van der Waals surface area contributed by atoms with E-state index in [9.17, 15) is 4.79 Å². The van der Waals surface area contributed by atoms with Crippen LogP contribution in [0.4, 0.5) is 0 Å². The van der Waals surface area contributed by atoms with Gasteiger partial charge in [-0.25, -0.2) is 0 Å². The summed E-state index contributed by atoms with van der Waals surface area (Å²) >= 11 is 3.36. The van der Waals surface area contributed by atoms with Crippen LogP contribution in [-0.2, 0) is 4.74 Å². The molecule has 2 rings (SSSR count). The van der Waals surface area contributed by atoms with Gasteiger partial charge in [0.15, 0.2) is 5.78 Å². The van der Waals surface area contributed by atoms with Crippen molar-refractivity contribution in [1.82, 2.24) is 0 Å². The van der Waals surface area contributed by atoms with Crippen LogP contribution in [0.1, 0.15) is 36.0 Å². The summed E-state index contributed by atoms with van der Waals surface area (Å²) in [5, 5.41) is 0.885. The lowest BCUT2D eigenvalue weighted by atomic mass is 9.82. The van der Waals surface area contributed by atoms with Crippen molar-refractivity contribution in [2.75, 3.05) is 11.9 Å². The van der Waals surface area contributed by atoms with Crippen LogP contribution in [0, 0.1) is 5.92 Å². The molecule has 0 saturated heterocycles.